The van der Waals surface area contributed by atoms with Gasteiger partial charge in [-0.1, -0.05) is 18.2 Å². The lowest BCUT2D eigenvalue weighted by Crippen LogP contribution is -2.26. The van der Waals surface area contributed by atoms with Crippen molar-refractivity contribution in [2.45, 2.75) is 32.2 Å². The molecule has 19 heavy (non-hydrogen) atoms. The van der Waals surface area contributed by atoms with Gasteiger partial charge in [0.1, 0.15) is 0 Å². The highest BCUT2D eigenvalue weighted by Gasteiger charge is 2.20. The van der Waals surface area contributed by atoms with E-state index in [0.29, 0.717) is 6.04 Å². The number of ether oxygens (including phenoxy) is 1. The average Bonchev–Trinajstić information content (AvgIpc) is 2.63. The Balaban J connectivity index is 2.07. The summed E-state index contributed by atoms with van der Waals surface area (Å²) < 4.78 is 5.45. The van der Waals surface area contributed by atoms with Crippen LogP contribution in [0.3, 0.4) is 0 Å². The van der Waals surface area contributed by atoms with Gasteiger partial charge in [-0.2, -0.15) is 0 Å². The first kappa shape index (κ1) is 14.4. The molecule has 0 aliphatic carbocycles. The first-order chi connectivity index (χ1) is 9.36. The number of nitrogens with one attached hydrogen (secondary N) is 1. The summed E-state index contributed by atoms with van der Waals surface area (Å²) in [5, 5.41) is 3.45. The fourth-order valence-electron chi connectivity index (χ4n) is 2.87. The van der Waals surface area contributed by atoms with Crippen LogP contribution in [0, 0.1) is 0 Å². The maximum atomic E-state index is 5.45. The Labute approximate surface area is 116 Å². The summed E-state index contributed by atoms with van der Waals surface area (Å²) in [5.41, 5.74) is 2.84. The molecule has 1 atom stereocenters. The van der Waals surface area contributed by atoms with Crippen molar-refractivity contribution in [2.75, 3.05) is 38.3 Å². The fraction of sp³-hybridized carbons (Fsp3) is 0.625. The lowest BCUT2D eigenvalue weighted by atomic mass is 10.0. The summed E-state index contributed by atoms with van der Waals surface area (Å²) in [4.78, 5) is 2.52. The largest absolute Gasteiger partial charge is 0.382 e. The van der Waals surface area contributed by atoms with Crippen molar-refractivity contribution in [3.8, 4) is 0 Å². The van der Waals surface area contributed by atoms with Crippen LogP contribution in [0.2, 0.25) is 0 Å². The lowest BCUT2D eigenvalue weighted by Gasteiger charge is -2.25. The van der Waals surface area contributed by atoms with E-state index in [4.69, 9.17) is 4.74 Å². The number of anilines is 1. The summed E-state index contributed by atoms with van der Waals surface area (Å²) in [5.74, 6) is 0. The highest BCUT2D eigenvalue weighted by atomic mass is 16.5. The minimum atomic E-state index is 0.494. The number of nitrogens with zero attached hydrogens (tertiary/aromatic N) is 1. The standard InChI is InChI=1S/C16H26N2O/c1-3-19-13-7-12-18-11-6-9-15(17-2)14-8-4-5-10-16(14)18/h4-5,8,10,15,17H,3,6-7,9,11-13H2,1-2H3. The zero-order valence-corrected chi connectivity index (χ0v) is 12.2. The van der Waals surface area contributed by atoms with Crippen LogP contribution < -0.4 is 10.2 Å². The first-order valence-corrected chi connectivity index (χ1v) is 7.45. The van der Waals surface area contributed by atoms with E-state index in [0.717, 1.165) is 32.7 Å². The molecule has 1 aromatic rings. The molecular weight excluding hydrogens is 236 g/mol. The van der Waals surface area contributed by atoms with Crippen LogP contribution in [-0.2, 0) is 4.74 Å². The van der Waals surface area contributed by atoms with Gasteiger partial charge in [-0.25, -0.2) is 0 Å². The predicted molar refractivity (Wildman–Crippen MR) is 80.8 cm³/mol. The van der Waals surface area contributed by atoms with Gasteiger partial charge in [0.2, 0.25) is 0 Å². The summed E-state index contributed by atoms with van der Waals surface area (Å²) >= 11 is 0. The van der Waals surface area contributed by atoms with Crippen LogP contribution in [0.4, 0.5) is 5.69 Å². The van der Waals surface area contributed by atoms with Gasteiger partial charge >= 0.3 is 0 Å². The quantitative estimate of drug-likeness (QED) is 0.798. The Bertz CT molecular complexity index is 381. The molecule has 1 unspecified atom stereocenters. The van der Waals surface area contributed by atoms with Crippen molar-refractivity contribution in [3.63, 3.8) is 0 Å². The molecule has 3 nitrogen and oxygen atoms in total. The van der Waals surface area contributed by atoms with Crippen molar-refractivity contribution in [1.29, 1.82) is 0 Å². The van der Waals surface area contributed by atoms with Gasteiger partial charge in [-0.05, 0) is 44.9 Å². The third kappa shape index (κ3) is 3.71. The minimum absolute atomic E-state index is 0.494. The zero-order valence-electron chi connectivity index (χ0n) is 12.2. The van der Waals surface area contributed by atoms with Gasteiger partial charge in [0, 0.05) is 38.0 Å². The molecule has 0 radical (unpaired) electrons. The number of benzene rings is 1. The molecule has 106 valence electrons. The molecule has 1 aliphatic rings. The number of rotatable bonds is 6. The third-order valence-electron chi connectivity index (χ3n) is 3.84. The van der Waals surface area contributed by atoms with Crippen molar-refractivity contribution in [3.05, 3.63) is 29.8 Å². The highest BCUT2D eigenvalue weighted by Crippen LogP contribution is 2.32. The molecule has 0 amide bonds. The summed E-state index contributed by atoms with van der Waals surface area (Å²) in [6.45, 7) is 5.98. The second kappa shape index (κ2) is 7.51. The molecule has 2 rings (SSSR count). The molecule has 0 saturated carbocycles. The molecule has 0 saturated heterocycles. The normalized spacial score (nSPS) is 19.1. The van der Waals surface area contributed by atoms with E-state index in [1.165, 1.54) is 24.1 Å². The molecule has 0 aromatic heterocycles. The van der Waals surface area contributed by atoms with Gasteiger partial charge in [0.15, 0.2) is 0 Å². The first-order valence-electron chi connectivity index (χ1n) is 7.45. The topological polar surface area (TPSA) is 24.5 Å². The van der Waals surface area contributed by atoms with Crippen molar-refractivity contribution in [1.82, 2.24) is 5.32 Å². The Morgan fingerprint density at radius 2 is 2.21 bits per heavy atom. The van der Waals surface area contributed by atoms with E-state index in [1.54, 1.807) is 0 Å². The second-order valence-electron chi connectivity index (χ2n) is 5.08. The molecule has 3 heteroatoms. The lowest BCUT2D eigenvalue weighted by molar-refractivity contribution is 0.146. The monoisotopic (exact) mass is 262 g/mol. The molecule has 1 aromatic carbocycles. The van der Waals surface area contributed by atoms with Crippen molar-refractivity contribution < 1.29 is 4.74 Å². The Kier molecular flexibility index (Phi) is 5.67. The van der Waals surface area contributed by atoms with E-state index < -0.39 is 0 Å². The van der Waals surface area contributed by atoms with Crippen LogP contribution in [0.25, 0.3) is 0 Å². The van der Waals surface area contributed by atoms with Gasteiger partial charge in [-0.3, -0.25) is 0 Å². The fourth-order valence-corrected chi connectivity index (χ4v) is 2.87. The molecule has 0 bridgehead atoms. The zero-order chi connectivity index (χ0) is 13.5. The minimum Gasteiger partial charge on any atom is -0.382 e. The number of fused-ring (bicyclic) bond motifs is 1. The van der Waals surface area contributed by atoms with Crippen LogP contribution in [0.1, 0.15) is 37.8 Å². The van der Waals surface area contributed by atoms with Gasteiger partial charge in [0.25, 0.3) is 0 Å². The number of hydrogen-bond donors (Lipinski definition) is 1. The van der Waals surface area contributed by atoms with Crippen LogP contribution in [-0.4, -0.2) is 33.4 Å². The second-order valence-corrected chi connectivity index (χ2v) is 5.08. The van der Waals surface area contributed by atoms with Gasteiger partial charge in [0.05, 0.1) is 0 Å². The summed E-state index contributed by atoms with van der Waals surface area (Å²) in [6.07, 6.45) is 3.57. The SMILES string of the molecule is CCOCCCN1CCCC(NC)c2ccccc21. The van der Waals surface area contributed by atoms with Crippen LogP contribution in [0.15, 0.2) is 24.3 Å². The van der Waals surface area contributed by atoms with E-state index in [9.17, 15) is 0 Å². The van der Waals surface area contributed by atoms with E-state index in [-0.39, 0.29) is 0 Å². The van der Waals surface area contributed by atoms with Gasteiger partial charge in [-0.15, -0.1) is 0 Å². The molecule has 0 spiro atoms. The summed E-state index contributed by atoms with van der Waals surface area (Å²) in [6, 6.07) is 9.30. The Morgan fingerprint density at radius 1 is 1.37 bits per heavy atom. The average molecular weight is 262 g/mol. The van der Waals surface area contributed by atoms with Crippen LogP contribution >= 0.6 is 0 Å². The van der Waals surface area contributed by atoms with Crippen molar-refractivity contribution in [2.24, 2.45) is 0 Å². The smallest absolute Gasteiger partial charge is 0.0482 e. The third-order valence-corrected chi connectivity index (χ3v) is 3.84. The summed E-state index contributed by atoms with van der Waals surface area (Å²) in [7, 11) is 2.06. The van der Waals surface area contributed by atoms with E-state index >= 15 is 0 Å². The highest BCUT2D eigenvalue weighted by molar-refractivity contribution is 5.55. The van der Waals surface area contributed by atoms with E-state index in [2.05, 4.69) is 48.5 Å². The Hall–Kier alpha value is -1.06. The molecule has 1 heterocycles. The predicted octanol–water partition coefficient (Wildman–Crippen LogP) is 2.97. The maximum Gasteiger partial charge on any atom is 0.0482 e. The molecule has 0 fully saturated rings. The van der Waals surface area contributed by atoms with Crippen LogP contribution in [0.5, 0.6) is 0 Å². The number of para-hydroxylation sites is 1. The van der Waals surface area contributed by atoms with E-state index in [1.807, 2.05) is 0 Å². The Morgan fingerprint density at radius 3 is 3.00 bits per heavy atom. The molecule has 1 N–H and O–H groups in total. The number of hydrogen-bond acceptors (Lipinski definition) is 3. The maximum absolute atomic E-state index is 5.45. The van der Waals surface area contributed by atoms with Crippen molar-refractivity contribution >= 4 is 5.69 Å². The molecule has 1 aliphatic heterocycles. The van der Waals surface area contributed by atoms with Gasteiger partial charge < -0.3 is 15.0 Å². The molecular formula is C16H26N2O.